The monoisotopic (exact) mass is 441 g/mol. The minimum absolute atomic E-state index is 0.0299. The minimum Gasteiger partial charge on any atom is -0.493 e. The first kappa shape index (κ1) is 22.6. The third kappa shape index (κ3) is 6.01. The second-order valence-electron chi connectivity index (χ2n) is 8.21. The van der Waals surface area contributed by atoms with Crippen LogP contribution < -0.4 is 10.1 Å². The third-order valence-electron chi connectivity index (χ3n) is 5.76. The second kappa shape index (κ2) is 11.3. The number of nitrogens with one attached hydrogen (secondary N) is 1. The molecule has 5 heteroatoms. The average molecular weight is 442 g/mol. The van der Waals surface area contributed by atoms with Crippen molar-refractivity contribution in [3.63, 3.8) is 0 Å². The molecule has 0 radical (unpaired) electrons. The van der Waals surface area contributed by atoms with Crippen LogP contribution in [0.2, 0.25) is 0 Å². The molecule has 0 spiro atoms. The maximum absolute atomic E-state index is 12.2. The number of nitrogens with zero attached hydrogens (tertiary/aromatic N) is 2. The average Bonchev–Trinajstić information content (AvgIpc) is 3.20. The molecule has 0 saturated carbocycles. The zero-order valence-corrected chi connectivity index (χ0v) is 19.2. The van der Waals surface area contributed by atoms with E-state index in [9.17, 15) is 4.79 Å². The Morgan fingerprint density at radius 2 is 1.67 bits per heavy atom. The van der Waals surface area contributed by atoms with Crippen molar-refractivity contribution in [3.8, 4) is 5.75 Å². The quantitative estimate of drug-likeness (QED) is 0.310. The van der Waals surface area contributed by atoms with Gasteiger partial charge in [0.1, 0.15) is 11.6 Å². The lowest BCUT2D eigenvalue weighted by Crippen LogP contribution is -2.24. The van der Waals surface area contributed by atoms with Crippen LogP contribution in [-0.2, 0) is 13.0 Å². The van der Waals surface area contributed by atoms with E-state index >= 15 is 0 Å². The van der Waals surface area contributed by atoms with Crippen LogP contribution in [0.5, 0.6) is 5.75 Å². The number of fused-ring (bicyclic) bond motifs is 1. The molecule has 0 aliphatic rings. The summed E-state index contributed by atoms with van der Waals surface area (Å²) in [7, 11) is 0. The number of amides is 1. The van der Waals surface area contributed by atoms with E-state index in [1.165, 1.54) is 11.1 Å². The number of para-hydroxylation sites is 3. The SMILES string of the molecule is Cc1ccccc1OCCCCn1c(CCCNC(=O)c2ccccc2)nc2ccccc21. The number of rotatable bonds is 11. The lowest BCUT2D eigenvalue weighted by atomic mass is 10.2. The minimum atomic E-state index is -0.0299. The van der Waals surface area contributed by atoms with Crippen molar-refractivity contribution in [1.29, 1.82) is 0 Å². The molecule has 1 N–H and O–H groups in total. The summed E-state index contributed by atoms with van der Waals surface area (Å²) in [6, 6.07) is 25.7. The molecule has 33 heavy (non-hydrogen) atoms. The van der Waals surface area contributed by atoms with Crippen LogP contribution >= 0.6 is 0 Å². The summed E-state index contributed by atoms with van der Waals surface area (Å²) in [5, 5.41) is 3.01. The number of imidazole rings is 1. The van der Waals surface area contributed by atoms with Gasteiger partial charge >= 0.3 is 0 Å². The number of aromatic nitrogens is 2. The molecule has 0 aliphatic heterocycles. The first-order valence-corrected chi connectivity index (χ1v) is 11.7. The van der Waals surface area contributed by atoms with E-state index in [1.54, 1.807) is 0 Å². The van der Waals surface area contributed by atoms with Gasteiger partial charge in [-0.1, -0.05) is 48.5 Å². The van der Waals surface area contributed by atoms with Gasteiger partial charge in [0.05, 0.1) is 17.6 Å². The van der Waals surface area contributed by atoms with Crippen LogP contribution in [0, 0.1) is 6.92 Å². The van der Waals surface area contributed by atoms with E-state index in [0.717, 1.165) is 49.3 Å². The highest BCUT2D eigenvalue weighted by Gasteiger charge is 2.11. The zero-order chi connectivity index (χ0) is 22.9. The molecule has 0 saturated heterocycles. The van der Waals surface area contributed by atoms with Gasteiger partial charge in [0.25, 0.3) is 5.91 Å². The third-order valence-corrected chi connectivity index (χ3v) is 5.76. The summed E-state index contributed by atoms with van der Waals surface area (Å²) in [6.45, 7) is 4.31. The van der Waals surface area contributed by atoms with Crippen molar-refractivity contribution < 1.29 is 9.53 Å². The van der Waals surface area contributed by atoms with Crippen LogP contribution in [-0.4, -0.2) is 28.6 Å². The van der Waals surface area contributed by atoms with Crippen molar-refractivity contribution in [2.24, 2.45) is 0 Å². The van der Waals surface area contributed by atoms with Crippen LogP contribution in [0.4, 0.5) is 0 Å². The highest BCUT2D eigenvalue weighted by molar-refractivity contribution is 5.94. The van der Waals surface area contributed by atoms with Crippen LogP contribution in [0.1, 0.15) is 41.0 Å². The Morgan fingerprint density at radius 3 is 2.52 bits per heavy atom. The zero-order valence-electron chi connectivity index (χ0n) is 19.2. The topological polar surface area (TPSA) is 56.1 Å². The Balaban J connectivity index is 1.30. The molecule has 3 aromatic carbocycles. The molecule has 5 nitrogen and oxygen atoms in total. The van der Waals surface area contributed by atoms with E-state index in [0.29, 0.717) is 18.7 Å². The molecule has 0 fully saturated rings. The molecule has 170 valence electrons. The number of carbonyl (C=O) groups is 1. The number of hydrogen-bond acceptors (Lipinski definition) is 3. The lowest BCUT2D eigenvalue weighted by Gasteiger charge is -2.11. The van der Waals surface area contributed by atoms with Crippen molar-refractivity contribution in [1.82, 2.24) is 14.9 Å². The van der Waals surface area contributed by atoms with Crippen molar-refractivity contribution >= 4 is 16.9 Å². The van der Waals surface area contributed by atoms with Gasteiger partial charge in [-0.3, -0.25) is 4.79 Å². The number of carbonyl (C=O) groups excluding carboxylic acids is 1. The lowest BCUT2D eigenvalue weighted by molar-refractivity contribution is 0.0953. The summed E-state index contributed by atoms with van der Waals surface area (Å²) in [4.78, 5) is 17.1. The predicted octanol–water partition coefficient (Wildman–Crippen LogP) is 5.57. The summed E-state index contributed by atoms with van der Waals surface area (Å²) in [5.74, 6) is 2.01. The van der Waals surface area contributed by atoms with Crippen molar-refractivity contribution in [3.05, 3.63) is 95.8 Å². The Labute approximate surface area is 195 Å². The Hall–Kier alpha value is -3.60. The largest absolute Gasteiger partial charge is 0.493 e. The fourth-order valence-electron chi connectivity index (χ4n) is 3.98. The van der Waals surface area contributed by atoms with Crippen molar-refractivity contribution in [2.45, 2.75) is 39.2 Å². The van der Waals surface area contributed by atoms with Crippen LogP contribution in [0.3, 0.4) is 0 Å². The van der Waals surface area contributed by atoms with Crippen molar-refractivity contribution in [2.75, 3.05) is 13.2 Å². The Bertz CT molecular complexity index is 1180. The summed E-state index contributed by atoms with van der Waals surface area (Å²) in [6.07, 6.45) is 3.67. The molecule has 4 rings (SSSR count). The van der Waals surface area contributed by atoms with Crippen LogP contribution in [0.15, 0.2) is 78.9 Å². The molecule has 4 aromatic rings. The first-order chi connectivity index (χ1) is 16.2. The van der Waals surface area contributed by atoms with Gasteiger partial charge in [-0.05, 0) is 62.1 Å². The highest BCUT2D eigenvalue weighted by atomic mass is 16.5. The van der Waals surface area contributed by atoms with E-state index in [-0.39, 0.29) is 5.91 Å². The number of ether oxygens (including phenoxy) is 1. The predicted molar refractivity (Wildman–Crippen MR) is 133 cm³/mol. The van der Waals surface area contributed by atoms with Gasteiger partial charge in [0, 0.05) is 25.1 Å². The van der Waals surface area contributed by atoms with E-state index in [2.05, 4.69) is 41.1 Å². The summed E-state index contributed by atoms with van der Waals surface area (Å²) in [5.41, 5.74) is 4.05. The van der Waals surface area contributed by atoms with Gasteiger partial charge in [0.2, 0.25) is 0 Å². The Kier molecular flexibility index (Phi) is 7.75. The van der Waals surface area contributed by atoms with Gasteiger partial charge in [-0.15, -0.1) is 0 Å². The van der Waals surface area contributed by atoms with Gasteiger partial charge in [-0.25, -0.2) is 4.98 Å². The molecule has 1 heterocycles. The Morgan fingerprint density at radius 1 is 0.909 bits per heavy atom. The fraction of sp³-hybridized carbons (Fsp3) is 0.286. The number of benzene rings is 3. The molecule has 0 unspecified atom stereocenters. The second-order valence-corrected chi connectivity index (χ2v) is 8.21. The number of aryl methyl sites for hydroxylation is 3. The maximum atomic E-state index is 12.2. The molecular formula is C28H31N3O2. The molecular weight excluding hydrogens is 410 g/mol. The van der Waals surface area contributed by atoms with E-state index in [4.69, 9.17) is 9.72 Å². The molecule has 0 atom stereocenters. The standard InChI is InChI=1S/C28H31N3O2/c1-22-12-5-8-17-26(22)33-21-10-9-20-31-25-16-7-6-15-24(25)30-27(31)18-11-19-29-28(32)23-13-3-2-4-14-23/h2-8,12-17H,9-11,18-21H2,1H3,(H,29,32). The van der Waals surface area contributed by atoms with E-state index < -0.39 is 0 Å². The smallest absolute Gasteiger partial charge is 0.251 e. The van der Waals surface area contributed by atoms with Gasteiger partial charge in [0.15, 0.2) is 0 Å². The molecule has 0 bridgehead atoms. The summed E-state index contributed by atoms with van der Waals surface area (Å²) >= 11 is 0. The fourth-order valence-corrected chi connectivity index (χ4v) is 3.98. The maximum Gasteiger partial charge on any atom is 0.251 e. The highest BCUT2D eigenvalue weighted by Crippen LogP contribution is 2.19. The molecule has 1 aromatic heterocycles. The van der Waals surface area contributed by atoms with E-state index in [1.807, 2.05) is 54.6 Å². The normalized spacial score (nSPS) is 10.9. The van der Waals surface area contributed by atoms with Crippen LogP contribution in [0.25, 0.3) is 11.0 Å². The number of hydrogen-bond donors (Lipinski definition) is 1. The first-order valence-electron chi connectivity index (χ1n) is 11.7. The molecule has 0 aliphatic carbocycles. The van der Waals surface area contributed by atoms with Gasteiger partial charge < -0.3 is 14.6 Å². The number of unbranched alkanes of at least 4 members (excludes halogenated alkanes) is 1. The molecule has 1 amide bonds. The summed E-state index contributed by atoms with van der Waals surface area (Å²) < 4.78 is 8.27. The van der Waals surface area contributed by atoms with Gasteiger partial charge in [-0.2, -0.15) is 0 Å².